The highest BCUT2D eigenvalue weighted by atomic mass is 35.5. The molecule has 164 valence electrons. The lowest BCUT2D eigenvalue weighted by molar-refractivity contribution is -0.123. The number of fused-ring (bicyclic) bond motifs is 1. The van der Waals surface area contributed by atoms with Gasteiger partial charge in [-0.05, 0) is 23.8 Å². The Morgan fingerprint density at radius 3 is 2.78 bits per heavy atom. The zero-order chi connectivity index (χ0) is 22.8. The topological polar surface area (TPSA) is 104 Å². The van der Waals surface area contributed by atoms with Gasteiger partial charge in [0, 0.05) is 23.3 Å². The van der Waals surface area contributed by atoms with E-state index in [4.69, 9.17) is 11.6 Å². The first-order valence-corrected chi connectivity index (χ1v) is 10.7. The van der Waals surface area contributed by atoms with E-state index in [9.17, 15) is 23.2 Å². The van der Waals surface area contributed by atoms with E-state index in [1.54, 1.807) is 12.1 Å². The number of anilines is 2. The van der Waals surface area contributed by atoms with Crippen LogP contribution >= 0.6 is 23.4 Å². The number of aromatic amines is 1. The van der Waals surface area contributed by atoms with Crippen LogP contribution in [0.3, 0.4) is 0 Å². The summed E-state index contributed by atoms with van der Waals surface area (Å²) < 4.78 is 27.3. The first kappa shape index (κ1) is 22.0. The molecule has 0 fully saturated rings. The Morgan fingerprint density at radius 2 is 2.00 bits per heavy atom. The van der Waals surface area contributed by atoms with Crippen LogP contribution in [0.4, 0.5) is 20.3 Å². The number of nitrogens with one attached hydrogen (secondary N) is 3. The maximum absolute atomic E-state index is 13.9. The first-order chi connectivity index (χ1) is 15.3. The highest BCUT2D eigenvalue weighted by Gasteiger charge is 2.35. The van der Waals surface area contributed by atoms with E-state index < -0.39 is 34.9 Å². The van der Waals surface area contributed by atoms with Gasteiger partial charge < -0.3 is 15.6 Å². The molecule has 0 aliphatic carbocycles. The standard InChI is InChI=1S/C21H15ClF2N4O3S/c22-13-4-2-1-3-10(13)9-32-21-27-18-17(20(31)28-21)12(8-16(29)26-18)19(30)25-15-7-11(23)5-6-14(15)24/h1-7,12H,8-9H2,(H,25,30)(H2,26,27,28,29,31)/t12-/m0/s1. The molecule has 4 rings (SSSR count). The molecule has 32 heavy (non-hydrogen) atoms. The van der Waals surface area contributed by atoms with Crippen LogP contribution < -0.4 is 16.2 Å². The smallest absolute Gasteiger partial charge is 0.257 e. The molecule has 2 amide bonds. The molecule has 1 aliphatic rings. The first-order valence-electron chi connectivity index (χ1n) is 9.38. The quantitative estimate of drug-likeness (QED) is 0.380. The van der Waals surface area contributed by atoms with Crippen molar-refractivity contribution in [2.24, 2.45) is 0 Å². The number of H-pyrrole nitrogens is 1. The molecule has 2 heterocycles. The number of halogens is 3. The maximum atomic E-state index is 13.9. The molecule has 3 aromatic rings. The van der Waals surface area contributed by atoms with Crippen LogP contribution in [0.5, 0.6) is 0 Å². The maximum Gasteiger partial charge on any atom is 0.257 e. The van der Waals surface area contributed by atoms with Crippen LogP contribution in [0.1, 0.15) is 23.5 Å². The van der Waals surface area contributed by atoms with Crippen molar-refractivity contribution in [1.29, 1.82) is 0 Å². The Kier molecular flexibility index (Phi) is 6.24. The fourth-order valence-corrected chi connectivity index (χ4v) is 4.36. The zero-order valence-corrected chi connectivity index (χ0v) is 17.8. The highest BCUT2D eigenvalue weighted by Crippen LogP contribution is 2.32. The van der Waals surface area contributed by atoms with E-state index in [2.05, 4.69) is 20.6 Å². The summed E-state index contributed by atoms with van der Waals surface area (Å²) in [6.45, 7) is 0. The molecule has 11 heteroatoms. The van der Waals surface area contributed by atoms with Gasteiger partial charge in [0.05, 0.1) is 17.2 Å². The summed E-state index contributed by atoms with van der Waals surface area (Å²) in [6, 6.07) is 9.79. The largest absolute Gasteiger partial charge is 0.323 e. The third kappa shape index (κ3) is 4.66. The molecule has 1 aromatic heterocycles. The molecule has 0 saturated carbocycles. The fraction of sp³-hybridized carbons (Fsp3) is 0.143. The average Bonchev–Trinajstić information content (AvgIpc) is 2.75. The number of amides is 2. The normalized spacial score (nSPS) is 15.1. The van der Waals surface area contributed by atoms with Gasteiger partial charge in [-0.25, -0.2) is 13.8 Å². The van der Waals surface area contributed by atoms with Gasteiger partial charge in [0.15, 0.2) is 5.16 Å². The lowest BCUT2D eigenvalue weighted by Gasteiger charge is -2.23. The van der Waals surface area contributed by atoms with Gasteiger partial charge in [0.25, 0.3) is 5.56 Å². The number of rotatable bonds is 5. The Labute approximate surface area is 189 Å². The SMILES string of the molecule is O=C1C[C@H](C(=O)Nc2cc(F)ccc2F)c2c(nc(SCc3ccccc3Cl)[nH]c2=O)N1. The molecule has 2 aromatic carbocycles. The fourth-order valence-electron chi connectivity index (χ4n) is 3.22. The summed E-state index contributed by atoms with van der Waals surface area (Å²) in [4.78, 5) is 44.5. The van der Waals surface area contributed by atoms with Gasteiger partial charge in [0.2, 0.25) is 11.8 Å². The summed E-state index contributed by atoms with van der Waals surface area (Å²) in [5.41, 5.74) is -0.227. The second kappa shape index (κ2) is 9.09. The van der Waals surface area contributed by atoms with Gasteiger partial charge in [0.1, 0.15) is 17.5 Å². The van der Waals surface area contributed by atoms with Gasteiger partial charge in [-0.2, -0.15) is 0 Å². The zero-order valence-electron chi connectivity index (χ0n) is 16.2. The molecule has 0 unspecified atom stereocenters. The van der Waals surface area contributed by atoms with Crippen LogP contribution in [-0.4, -0.2) is 21.8 Å². The Hall–Kier alpha value is -3.24. The minimum absolute atomic E-state index is 0.0495. The Bertz CT molecular complexity index is 1280. The van der Waals surface area contributed by atoms with Crippen LogP contribution in [0.25, 0.3) is 0 Å². The summed E-state index contributed by atoms with van der Waals surface area (Å²) in [6.07, 6.45) is -0.341. The number of nitrogens with zero attached hydrogens (tertiary/aromatic N) is 1. The molecule has 0 spiro atoms. The summed E-state index contributed by atoms with van der Waals surface area (Å²) in [7, 11) is 0. The van der Waals surface area contributed by atoms with Crippen LogP contribution in [0.15, 0.2) is 52.4 Å². The van der Waals surface area contributed by atoms with E-state index in [-0.39, 0.29) is 28.6 Å². The molecule has 0 radical (unpaired) electrons. The lowest BCUT2D eigenvalue weighted by Crippen LogP contribution is -2.36. The van der Waals surface area contributed by atoms with Crippen LogP contribution in [0.2, 0.25) is 5.02 Å². The summed E-state index contributed by atoms with van der Waals surface area (Å²) in [5, 5.41) is 5.53. The Balaban J connectivity index is 1.60. The van der Waals surface area contributed by atoms with Crippen molar-refractivity contribution in [3.63, 3.8) is 0 Å². The molecule has 0 saturated heterocycles. The summed E-state index contributed by atoms with van der Waals surface area (Å²) in [5.74, 6) is -3.81. The second-order valence-electron chi connectivity index (χ2n) is 6.93. The van der Waals surface area contributed by atoms with E-state index in [1.807, 2.05) is 12.1 Å². The molecule has 0 bridgehead atoms. The summed E-state index contributed by atoms with van der Waals surface area (Å²) >= 11 is 7.34. The van der Waals surface area contributed by atoms with Crippen molar-refractivity contribution in [3.8, 4) is 0 Å². The Morgan fingerprint density at radius 1 is 1.22 bits per heavy atom. The lowest BCUT2D eigenvalue weighted by atomic mass is 9.92. The number of carbonyl (C=O) groups is 2. The van der Waals surface area contributed by atoms with Crippen molar-refractivity contribution in [3.05, 3.63) is 80.6 Å². The molecule has 1 aliphatic heterocycles. The van der Waals surface area contributed by atoms with E-state index in [0.717, 1.165) is 23.8 Å². The number of hydrogen-bond donors (Lipinski definition) is 3. The van der Waals surface area contributed by atoms with Gasteiger partial charge in [-0.3, -0.25) is 14.4 Å². The minimum Gasteiger partial charge on any atom is -0.323 e. The third-order valence-electron chi connectivity index (χ3n) is 4.75. The van der Waals surface area contributed by atoms with Crippen molar-refractivity contribution in [2.45, 2.75) is 23.2 Å². The molecule has 7 nitrogen and oxygen atoms in total. The number of thioether (sulfide) groups is 1. The average molecular weight is 477 g/mol. The predicted octanol–water partition coefficient (Wildman–Crippen LogP) is 4.06. The van der Waals surface area contributed by atoms with Crippen LogP contribution in [0, 0.1) is 11.6 Å². The predicted molar refractivity (Wildman–Crippen MR) is 117 cm³/mol. The van der Waals surface area contributed by atoms with Crippen LogP contribution in [-0.2, 0) is 15.3 Å². The van der Waals surface area contributed by atoms with Crippen molar-refractivity contribution < 1.29 is 18.4 Å². The second-order valence-corrected chi connectivity index (χ2v) is 8.30. The molecular weight excluding hydrogens is 462 g/mol. The van der Waals surface area contributed by atoms with E-state index in [0.29, 0.717) is 10.8 Å². The minimum atomic E-state index is -1.22. The van der Waals surface area contributed by atoms with Gasteiger partial charge >= 0.3 is 0 Å². The van der Waals surface area contributed by atoms with Crippen molar-refractivity contribution in [1.82, 2.24) is 9.97 Å². The monoisotopic (exact) mass is 476 g/mol. The molecule has 1 atom stereocenters. The van der Waals surface area contributed by atoms with Gasteiger partial charge in [-0.1, -0.05) is 41.6 Å². The highest BCUT2D eigenvalue weighted by molar-refractivity contribution is 7.98. The van der Waals surface area contributed by atoms with Crippen molar-refractivity contribution in [2.75, 3.05) is 10.6 Å². The molecular formula is C21H15ClF2N4O3S. The van der Waals surface area contributed by atoms with E-state index in [1.165, 1.54) is 11.8 Å². The van der Waals surface area contributed by atoms with E-state index >= 15 is 0 Å². The van der Waals surface area contributed by atoms with Gasteiger partial charge in [-0.15, -0.1) is 0 Å². The van der Waals surface area contributed by atoms with Crippen molar-refractivity contribution >= 4 is 46.7 Å². The number of hydrogen-bond acceptors (Lipinski definition) is 5. The number of aromatic nitrogens is 2. The number of carbonyl (C=O) groups excluding carboxylic acids is 2. The third-order valence-corrected chi connectivity index (χ3v) is 6.05. The molecule has 3 N–H and O–H groups in total. The number of benzene rings is 2.